The maximum Gasteiger partial charge on any atom is -0.000522 e. The molecule has 0 aromatic rings. The Morgan fingerprint density at radius 2 is 2.15 bits per heavy atom. The Labute approximate surface area is 81.5 Å². The van der Waals surface area contributed by atoms with Crippen LogP contribution >= 0.6 is 0 Å². The van der Waals surface area contributed by atoms with Gasteiger partial charge < -0.3 is 10.6 Å². The van der Waals surface area contributed by atoms with E-state index in [1.165, 1.54) is 45.4 Å². The van der Waals surface area contributed by atoms with Crippen molar-refractivity contribution in [3.05, 3.63) is 0 Å². The zero-order chi connectivity index (χ0) is 9.10. The van der Waals surface area contributed by atoms with Crippen LogP contribution in [-0.4, -0.2) is 26.2 Å². The molecule has 0 spiro atoms. The lowest BCUT2D eigenvalue weighted by atomic mass is 9.89. The molecular formula is C11H22N2. The van der Waals surface area contributed by atoms with Crippen LogP contribution in [0.1, 0.15) is 26.2 Å². The molecular weight excluding hydrogens is 160 g/mol. The average Bonchev–Trinajstić information content (AvgIpc) is 2.77. The Morgan fingerprint density at radius 1 is 1.38 bits per heavy atom. The van der Waals surface area contributed by atoms with E-state index in [1.807, 2.05) is 0 Å². The highest BCUT2D eigenvalue weighted by Gasteiger charge is 2.23. The summed E-state index contributed by atoms with van der Waals surface area (Å²) >= 11 is 0. The molecule has 2 nitrogen and oxygen atoms in total. The van der Waals surface area contributed by atoms with Gasteiger partial charge in [0.2, 0.25) is 0 Å². The molecule has 2 heteroatoms. The van der Waals surface area contributed by atoms with E-state index < -0.39 is 0 Å². The van der Waals surface area contributed by atoms with Crippen LogP contribution in [0.3, 0.4) is 0 Å². The maximum atomic E-state index is 3.58. The molecule has 2 rings (SSSR count). The van der Waals surface area contributed by atoms with Crippen molar-refractivity contribution in [2.24, 2.45) is 17.8 Å². The van der Waals surface area contributed by atoms with Gasteiger partial charge in [-0.05, 0) is 50.4 Å². The summed E-state index contributed by atoms with van der Waals surface area (Å²) in [5, 5.41) is 6.91. The van der Waals surface area contributed by atoms with E-state index in [-0.39, 0.29) is 0 Å². The van der Waals surface area contributed by atoms with Gasteiger partial charge in [-0.25, -0.2) is 0 Å². The van der Waals surface area contributed by atoms with Crippen LogP contribution < -0.4 is 10.6 Å². The molecule has 1 unspecified atom stereocenters. The Bertz CT molecular complexity index is 150. The standard InChI is InChI=1S/C11H22N2/c1-9(11-7-13-8-11)6-12-5-4-10-2-3-10/h9-13H,2-8H2,1H3. The average molecular weight is 182 g/mol. The number of nitrogens with one attached hydrogen (secondary N) is 2. The van der Waals surface area contributed by atoms with Gasteiger partial charge in [0, 0.05) is 0 Å². The second-order valence-corrected chi connectivity index (χ2v) is 4.83. The fraction of sp³-hybridized carbons (Fsp3) is 1.00. The predicted molar refractivity (Wildman–Crippen MR) is 55.7 cm³/mol. The van der Waals surface area contributed by atoms with Crippen LogP contribution in [0.15, 0.2) is 0 Å². The van der Waals surface area contributed by atoms with Crippen LogP contribution in [0, 0.1) is 17.8 Å². The second-order valence-electron chi connectivity index (χ2n) is 4.83. The highest BCUT2D eigenvalue weighted by Crippen LogP contribution is 2.31. The maximum absolute atomic E-state index is 3.58. The molecule has 0 radical (unpaired) electrons. The van der Waals surface area contributed by atoms with E-state index in [0.29, 0.717) is 0 Å². The number of rotatable bonds is 6. The van der Waals surface area contributed by atoms with Crippen LogP contribution in [0.4, 0.5) is 0 Å². The molecule has 2 fully saturated rings. The number of hydrogen-bond acceptors (Lipinski definition) is 2. The Balaban J connectivity index is 1.46. The molecule has 2 N–H and O–H groups in total. The van der Waals surface area contributed by atoms with E-state index in [4.69, 9.17) is 0 Å². The lowest BCUT2D eigenvalue weighted by molar-refractivity contribution is 0.242. The first-order chi connectivity index (χ1) is 6.36. The van der Waals surface area contributed by atoms with Gasteiger partial charge in [-0.3, -0.25) is 0 Å². The van der Waals surface area contributed by atoms with Crippen LogP contribution in [-0.2, 0) is 0 Å². The van der Waals surface area contributed by atoms with E-state index in [2.05, 4.69) is 17.6 Å². The van der Waals surface area contributed by atoms with Crippen molar-refractivity contribution in [2.45, 2.75) is 26.2 Å². The second kappa shape index (κ2) is 4.43. The van der Waals surface area contributed by atoms with Crippen molar-refractivity contribution in [2.75, 3.05) is 26.2 Å². The summed E-state index contributed by atoms with van der Waals surface area (Å²) in [4.78, 5) is 0. The molecule has 0 bridgehead atoms. The fourth-order valence-electron chi connectivity index (χ4n) is 1.92. The molecule has 1 heterocycles. The Kier molecular flexibility index (Phi) is 3.23. The summed E-state index contributed by atoms with van der Waals surface area (Å²) < 4.78 is 0. The molecule has 1 aliphatic heterocycles. The third-order valence-corrected chi connectivity index (χ3v) is 3.51. The first-order valence-corrected chi connectivity index (χ1v) is 5.77. The topological polar surface area (TPSA) is 24.1 Å². The van der Waals surface area contributed by atoms with Crippen LogP contribution in [0.2, 0.25) is 0 Å². The van der Waals surface area contributed by atoms with Crippen LogP contribution in [0.25, 0.3) is 0 Å². The van der Waals surface area contributed by atoms with Gasteiger partial charge in [-0.1, -0.05) is 19.8 Å². The Morgan fingerprint density at radius 3 is 2.69 bits per heavy atom. The number of hydrogen-bond donors (Lipinski definition) is 2. The first kappa shape index (κ1) is 9.47. The highest BCUT2D eigenvalue weighted by molar-refractivity contribution is 4.80. The largest absolute Gasteiger partial charge is 0.316 e. The highest BCUT2D eigenvalue weighted by atomic mass is 15.0. The summed E-state index contributed by atoms with van der Waals surface area (Å²) in [5.74, 6) is 2.88. The fourth-order valence-corrected chi connectivity index (χ4v) is 1.92. The minimum absolute atomic E-state index is 0.862. The quantitative estimate of drug-likeness (QED) is 0.604. The zero-order valence-electron chi connectivity index (χ0n) is 8.68. The molecule has 0 aromatic carbocycles. The molecule has 1 saturated carbocycles. The Hall–Kier alpha value is -0.0800. The minimum Gasteiger partial charge on any atom is -0.316 e. The monoisotopic (exact) mass is 182 g/mol. The minimum atomic E-state index is 0.862. The summed E-state index contributed by atoms with van der Waals surface area (Å²) in [5.41, 5.74) is 0. The normalized spacial score (nSPS) is 25.6. The van der Waals surface area contributed by atoms with Gasteiger partial charge >= 0.3 is 0 Å². The summed E-state index contributed by atoms with van der Waals surface area (Å²) in [6.45, 7) is 7.32. The van der Waals surface area contributed by atoms with Gasteiger partial charge in [0.25, 0.3) is 0 Å². The summed E-state index contributed by atoms with van der Waals surface area (Å²) in [6, 6.07) is 0. The van der Waals surface area contributed by atoms with Crippen molar-refractivity contribution in [3.63, 3.8) is 0 Å². The molecule has 1 aliphatic carbocycles. The molecule has 2 aliphatic rings. The summed E-state index contributed by atoms with van der Waals surface area (Å²) in [7, 11) is 0. The smallest absolute Gasteiger partial charge is 0.000522 e. The third kappa shape index (κ3) is 2.96. The molecule has 13 heavy (non-hydrogen) atoms. The van der Waals surface area contributed by atoms with Gasteiger partial charge in [0.05, 0.1) is 0 Å². The molecule has 1 atom stereocenters. The van der Waals surface area contributed by atoms with Gasteiger partial charge in [0.1, 0.15) is 0 Å². The van der Waals surface area contributed by atoms with Gasteiger partial charge in [-0.15, -0.1) is 0 Å². The van der Waals surface area contributed by atoms with E-state index in [0.717, 1.165) is 17.8 Å². The third-order valence-electron chi connectivity index (χ3n) is 3.51. The molecule has 0 amide bonds. The zero-order valence-corrected chi connectivity index (χ0v) is 8.68. The SMILES string of the molecule is CC(CNCCC1CC1)C1CNC1. The molecule has 1 saturated heterocycles. The lowest BCUT2D eigenvalue weighted by Crippen LogP contribution is -2.47. The lowest BCUT2D eigenvalue weighted by Gasteiger charge is -2.32. The van der Waals surface area contributed by atoms with E-state index >= 15 is 0 Å². The van der Waals surface area contributed by atoms with E-state index in [1.54, 1.807) is 0 Å². The molecule has 76 valence electrons. The first-order valence-electron chi connectivity index (χ1n) is 5.77. The van der Waals surface area contributed by atoms with Crippen molar-refractivity contribution < 1.29 is 0 Å². The van der Waals surface area contributed by atoms with Crippen molar-refractivity contribution in [1.29, 1.82) is 0 Å². The van der Waals surface area contributed by atoms with Crippen molar-refractivity contribution >= 4 is 0 Å². The van der Waals surface area contributed by atoms with Gasteiger partial charge in [0.15, 0.2) is 0 Å². The summed E-state index contributed by atoms with van der Waals surface area (Å²) in [6.07, 6.45) is 4.39. The van der Waals surface area contributed by atoms with Gasteiger partial charge in [-0.2, -0.15) is 0 Å². The molecule has 0 aromatic heterocycles. The van der Waals surface area contributed by atoms with Crippen molar-refractivity contribution in [3.8, 4) is 0 Å². The van der Waals surface area contributed by atoms with Crippen molar-refractivity contribution in [1.82, 2.24) is 10.6 Å². The van der Waals surface area contributed by atoms with E-state index in [9.17, 15) is 0 Å². The predicted octanol–water partition coefficient (Wildman–Crippen LogP) is 1.23. The van der Waals surface area contributed by atoms with Crippen LogP contribution in [0.5, 0.6) is 0 Å².